The third-order valence-electron chi connectivity index (χ3n) is 4.81. The van der Waals surface area contributed by atoms with Crippen LogP contribution in [0.2, 0.25) is 0 Å². The average molecular weight is 363 g/mol. The van der Waals surface area contributed by atoms with E-state index < -0.39 is 0 Å². The fourth-order valence-corrected chi connectivity index (χ4v) is 4.26. The maximum Gasteiger partial charge on any atom is 0.253 e. The van der Waals surface area contributed by atoms with E-state index in [9.17, 15) is 4.79 Å². The topological polar surface area (TPSA) is 29.5 Å². The number of carbonyl (C=O) groups is 1. The van der Waals surface area contributed by atoms with Crippen LogP contribution in [0.1, 0.15) is 34.0 Å². The van der Waals surface area contributed by atoms with Gasteiger partial charge in [0.1, 0.15) is 11.5 Å². The minimum atomic E-state index is 0.112. The van der Waals surface area contributed by atoms with Gasteiger partial charge in [-0.1, -0.05) is 24.3 Å². The molecule has 26 heavy (non-hydrogen) atoms. The lowest BCUT2D eigenvalue weighted by Crippen LogP contribution is -2.37. The van der Waals surface area contributed by atoms with Crippen LogP contribution in [0.4, 0.5) is 0 Å². The van der Waals surface area contributed by atoms with Gasteiger partial charge in [0.25, 0.3) is 5.91 Å². The summed E-state index contributed by atoms with van der Waals surface area (Å²) in [6.45, 7) is 1.65. The highest BCUT2D eigenvalue weighted by Crippen LogP contribution is 2.31. The third kappa shape index (κ3) is 3.81. The Morgan fingerprint density at radius 2 is 1.58 bits per heavy atom. The molecule has 4 heteroatoms. The first kappa shape index (κ1) is 16.9. The zero-order valence-electron chi connectivity index (χ0n) is 14.5. The lowest BCUT2D eigenvalue weighted by Gasteiger charge is -2.31. The Morgan fingerprint density at radius 3 is 2.23 bits per heavy atom. The Hall–Kier alpha value is -2.59. The van der Waals surface area contributed by atoms with Crippen molar-refractivity contribution in [3.05, 3.63) is 82.6 Å². The van der Waals surface area contributed by atoms with Crippen LogP contribution >= 0.6 is 11.3 Å². The van der Waals surface area contributed by atoms with Crippen molar-refractivity contribution in [2.24, 2.45) is 0 Å². The number of para-hydroxylation sites is 1. The van der Waals surface area contributed by atoms with E-state index in [2.05, 4.69) is 17.5 Å². The normalized spacial score (nSPS) is 15.0. The number of piperidine rings is 1. The van der Waals surface area contributed by atoms with Crippen molar-refractivity contribution in [2.45, 2.75) is 18.8 Å². The summed E-state index contributed by atoms with van der Waals surface area (Å²) in [6, 6.07) is 21.4. The van der Waals surface area contributed by atoms with Crippen LogP contribution in [-0.2, 0) is 0 Å². The van der Waals surface area contributed by atoms with Crippen molar-refractivity contribution >= 4 is 17.2 Å². The Kier molecular flexibility index (Phi) is 5.02. The number of hydrogen-bond donors (Lipinski definition) is 0. The number of nitrogens with zero attached hydrogens (tertiary/aromatic N) is 1. The van der Waals surface area contributed by atoms with Gasteiger partial charge < -0.3 is 9.64 Å². The van der Waals surface area contributed by atoms with Gasteiger partial charge in [-0.25, -0.2) is 0 Å². The van der Waals surface area contributed by atoms with E-state index in [1.54, 1.807) is 0 Å². The highest BCUT2D eigenvalue weighted by molar-refractivity contribution is 7.10. The van der Waals surface area contributed by atoms with Crippen LogP contribution in [0.15, 0.2) is 72.1 Å². The molecule has 0 atom stereocenters. The summed E-state index contributed by atoms with van der Waals surface area (Å²) in [5.41, 5.74) is 0.722. The van der Waals surface area contributed by atoms with Crippen LogP contribution in [0, 0.1) is 0 Å². The zero-order valence-corrected chi connectivity index (χ0v) is 15.3. The predicted octanol–water partition coefficient (Wildman–Crippen LogP) is 5.56. The molecule has 1 saturated heterocycles. The Labute approximate surface area is 157 Å². The monoisotopic (exact) mass is 363 g/mol. The lowest BCUT2D eigenvalue weighted by atomic mass is 9.95. The van der Waals surface area contributed by atoms with E-state index >= 15 is 0 Å². The summed E-state index contributed by atoms with van der Waals surface area (Å²) in [4.78, 5) is 16.2. The van der Waals surface area contributed by atoms with Gasteiger partial charge in [0.15, 0.2) is 0 Å². The van der Waals surface area contributed by atoms with Crippen molar-refractivity contribution in [3.63, 3.8) is 0 Å². The SMILES string of the molecule is O=C(c1ccc(Oc2ccccc2)cc1)N1CCC(c2cccs2)CC1. The molecule has 3 nitrogen and oxygen atoms in total. The molecule has 0 bridgehead atoms. The van der Waals surface area contributed by atoms with Gasteiger partial charge in [0, 0.05) is 23.5 Å². The van der Waals surface area contributed by atoms with Gasteiger partial charge in [-0.3, -0.25) is 4.79 Å². The van der Waals surface area contributed by atoms with Crippen molar-refractivity contribution in [3.8, 4) is 11.5 Å². The zero-order chi connectivity index (χ0) is 17.8. The molecule has 0 saturated carbocycles. The lowest BCUT2D eigenvalue weighted by molar-refractivity contribution is 0.0713. The van der Waals surface area contributed by atoms with Crippen LogP contribution in [0.5, 0.6) is 11.5 Å². The molecule has 1 aliphatic rings. The first-order valence-corrected chi connectivity index (χ1v) is 9.83. The van der Waals surface area contributed by atoms with Gasteiger partial charge in [-0.05, 0) is 66.6 Å². The van der Waals surface area contributed by atoms with E-state index in [0.29, 0.717) is 5.92 Å². The van der Waals surface area contributed by atoms with Crippen molar-refractivity contribution in [1.29, 1.82) is 0 Å². The Morgan fingerprint density at radius 1 is 0.885 bits per heavy atom. The molecular formula is C22H21NO2S. The fourth-order valence-electron chi connectivity index (χ4n) is 3.36. The largest absolute Gasteiger partial charge is 0.457 e. The summed E-state index contributed by atoms with van der Waals surface area (Å²) in [7, 11) is 0. The number of benzene rings is 2. The van der Waals surface area contributed by atoms with E-state index in [1.165, 1.54) is 4.88 Å². The first-order chi connectivity index (χ1) is 12.8. The van der Waals surface area contributed by atoms with Crippen molar-refractivity contribution in [1.82, 2.24) is 4.90 Å². The summed E-state index contributed by atoms with van der Waals surface area (Å²) >= 11 is 1.82. The molecule has 4 rings (SSSR count). The molecule has 2 aromatic carbocycles. The number of rotatable bonds is 4. The second-order valence-electron chi connectivity index (χ2n) is 6.52. The summed E-state index contributed by atoms with van der Waals surface area (Å²) < 4.78 is 5.79. The maximum absolute atomic E-state index is 12.8. The molecule has 0 aliphatic carbocycles. The predicted molar refractivity (Wildman–Crippen MR) is 105 cm³/mol. The molecule has 3 aromatic rings. The molecule has 1 amide bonds. The van der Waals surface area contributed by atoms with Gasteiger partial charge in [0.05, 0.1) is 0 Å². The average Bonchev–Trinajstić information content (AvgIpc) is 3.24. The molecule has 1 aliphatic heterocycles. The number of amides is 1. The van der Waals surface area contributed by atoms with Gasteiger partial charge in [-0.2, -0.15) is 0 Å². The highest BCUT2D eigenvalue weighted by atomic mass is 32.1. The Bertz CT molecular complexity index is 836. The second-order valence-corrected chi connectivity index (χ2v) is 7.50. The number of hydrogen-bond acceptors (Lipinski definition) is 3. The molecule has 2 heterocycles. The van der Waals surface area contributed by atoms with Crippen LogP contribution in [0.3, 0.4) is 0 Å². The van der Waals surface area contributed by atoms with Gasteiger partial charge in [-0.15, -0.1) is 11.3 Å². The standard InChI is InChI=1S/C22H21NO2S/c24-22(23-14-12-17(13-15-23)21-7-4-16-26-21)18-8-10-20(11-9-18)25-19-5-2-1-3-6-19/h1-11,16-17H,12-15H2. The molecule has 0 spiro atoms. The molecule has 132 valence electrons. The molecular weight excluding hydrogens is 342 g/mol. The molecule has 0 N–H and O–H groups in total. The number of ether oxygens (including phenoxy) is 1. The maximum atomic E-state index is 12.8. The third-order valence-corrected chi connectivity index (χ3v) is 5.84. The van der Waals surface area contributed by atoms with Crippen molar-refractivity contribution in [2.75, 3.05) is 13.1 Å². The minimum absolute atomic E-state index is 0.112. The highest BCUT2D eigenvalue weighted by Gasteiger charge is 2.25. The van der Waals surface area contributed by atoms with E-state index in [0.717, 1.165) is 43.0 Å². The van der Waals surface area contributed by atoms with Gasteiger partial charge >= 0.3 is 0 Å². The second kappa shape index (κ2) is 7.75. The van der Waals surface area contributed by atoms with E-state index in [-0.39, 0.29) is 5.91 Å². The molecule has 1 aromatic heterocycles. The Balaban J connectivity index is 1.36. The van der Waals surface area contributed by atoms with Crippen LogP contribution in [0.25, 0.3) is 0 Å². The fraction of sp³-hybridized carbons (Fsp3) is 0.227. The summed E-state index contributed by atoms with van der Waals surface area (Å²) in [6.07, 6.45) is 2.09. The smallest absolute Gasteiger partial charge is 0.253 e. The van der Waals surface area contributed by atoms with Crippen LogP contribution < -0.4 is 4.74 Å². The van der Waals surface area contributed by atoms with E-state index in [4.69, 9.17) is 4.74 Å². The van der Waals surface area contributed by atoms with Crippen LogP contribution in [-0.4, -0.2) is 23.9 Å². The summed E-state index contributed by atoms with van der Waals surface area (Å²) in [5, 5.41) is 2.13. The number of carbonyl (C=O) groups excluding carboxylic acids is 1. The molecule has 1 fully saturated rings. The first-order valence-electron chi connectivity index (χ1n) is 8.95. The quantitative estimate of drug-likeness (QED) is 0.607. The minimum Gasteiger partial charge on any atom is -0.457 e. The van der Waals surface area contributed by atoms with Crippen molar-refractivity contribution < 1.29 is 9.53 Å². The number of thiophene rings is 1. The molecule has 0 radical (unpaired) electrons. The number of likely N-dealkylation sites (tertiary alicyclic amines) is 1. The van der Waals surface area contributed by atoms with E-state index in [1.807, 2.05) is 70.8 Å². The summed E-state index contributed by atoms with van der Waals surface area (Å²) in [5.74, 6) is 2.24. The molecule has 0 unspecified atom stereocenters. The van der Waals surface area contributed by atoms with Gasteiger partial charge in [0.2, 0.25) is 0 Å².